The van der Waals surface area contributed by atoms with E-state index in [4.69, 9.17) is 0 Å². The Kier molecular flexibility index (Phi) is 3.88. The number of aromatic nitrogens is 7. The lowest BCUT2D eigenvalue weighted by atomic mass is 10.1. The first-order valence-electron chi connectivity index (χ1n) is 6.33. The van der Waals surface area contributed by atoms with E-state index in [1.54, 1.807) is 13.2 Å². The smallest absolute Gasteiger partial charge is 0.255 e. The van der Waals surface area contributed by atoms with Crippen molar-refractivity contribution in [1.29, 1.82) is 0 Å². The van der Waals surface area contributed by atoms with Gasteiger partial charge in [0.1, 0.15) is 5.69 Å². The average molecular weight is 388 g/mol. The summed E-state index contributed by atoms with van der Waals surface area (Å²) in [5, 5.41) is 18.6. The Balaban J connectivity index is 2.05. The van der Waals surface area contributed by atoms with E-state index in [0.717, 1.165) is 6.07 Å². The van der Waals surface area contributed by atoms with Crippen LogP contribution in [0.25, 0.3) is 11.4 Å². The van der Waals surface area contributed by atoms with Gasteiger partial charge in [0.05, 0.1) is 18.3 Å². The molecular weight excluding hydrogens is 379 g/mol. The number of rotatable bonds is 3. The van der Waals surface area contributed by atoms with Crippen LogP contribution in [0.1, 0.15) is 11.3 Å². The van der Waals surface area contributed by atoms with Gasteiger partial charge in [-0.15, -0.1) is 10.2 Å². The molecule has 11 heteroatoms. The van der Waals surface area contributed by atoms with Crippen molar-refractivity contribution in [1.82, 2.24) is 35.2 Å². The molecule has 0 atom stereocenters. The maximum absolute atomic E-state index is 13.3. The zero-order valence-electron chi connectivity index (χ0n) is 11.7. The van der Waals surface area contributed by atoms with Crippen LogP contribution < -0.4 is 0 Å². The average Bonchev–Trinajstić information content (AvgIpc) is 3.08. The molecule has 1 aromatic carbocycles. The molecule has 3 rings (SSSR count). The molecule has 0 saturated carbocycles. The third-order valence-electron chi connectivity index (χ3n) is 3.02. The molecule has 0 amide bonds. The van der Waals surface area contributed by atoms with E-state index in [1.807, 2.05) is 0 Å². The summed E-state index contributed by atoms with van der Waals surface area (Å²) in [6.45, 7) is 0.115. The summed E-state index contributed by atoms with van der Waals surface area (Å²) < 4.78 is 42.8. The molecular formula is C12H9BrF3N7. The summed E-state index contributed by atoms with van der Waals surface area (Å²) in [5.41, 5.74) is -0.386. The van der Waals surface area contributed by atoms with E-state index in [0.29, 0.717) is 10.2 Å². The zero-order chi connectivity index (χ0) is 16.6. The second-order valence-electron chi connectivity index (χ2n) is 4.73. The monoisotopic (exact) mass is 387 g/mol. The molecule has 0 spiro atoms. The second kappa shape index (κ2) is 5.72. The Morgan fingerprint density at radius 2 is 1.96 bits per heavy atom. The van der Waals surface area contributed by atoms with Crippen molar-refractivity contribution in [2.24, 2.45) is 7.05 Å². The van der Waals surface area contributed by atoms with Crippen molar-refractivity contribution in [3.05, 3.63) is 40.1 Å². The first kappa shape index (κ1) is 15.6. The van der Waals surface area contributed by atoms with Crippen molar-refractivity contribution in [2.75, 3.05) is 0 Å². The Morgan fingerprint density at radius 3 is 2.61 bits per heavy atom. The maximum Gasteiger partial charge on any atom is 0.417 e. The largest absolute Gasteiger partial charge is 0.417 e. The highest BCUT2D eigenvalue weighted by Gasteiger charge is 2.35. The van der Waals surface area contributed by atoms with Gasteiger partial charge in [-0.1, -0.05) is 21.1 Å². The van der Waals surface area contributed by atoms with Crippen LogP contribution in [0, 0.1) is 0 Å². The topological polar surface area (TPSA) is 74.3 Å². The predicted octanol–water partition coefficient (Wildman–Crippen LogP) is 2.30. The van der Waals surface area contributed by atoms with Crippen molar-refractivity contribution >= 4 is 15.9 Å². The number of hydrogen-bond acceptors (Lipinski definition) is 5. The lowest BCUT2D eigenvalue weighted by Crippen LogP contribution is -2.11. The summed E-state index contributed by atoms with van der Waals surface area (Å²) in [7, 11) is 1.69. The molecule has 0 radical (unpaired) electrons. The van der Waals surface area contributed by atoms with Gasteiger partial charge in [0.25, 0.3) is 0 Å². The zero-order valence-corrected chi connectivity index (χ0v) is 13.2. The molecule has 7 nitrogen and oxygen atoms in total. The van der Waals surface area contributed by atoms with Gasteiger partial charge < -0.3 is 0 Å². The van der Waals surface area contributed by atoms with Crippen LogP contribution >= 0.6 is 15.9 Å². The third kappa shape index (κ3) is 3.23. The number of alkyl halides is 3. The number of tetrazole rings is 1. The summed E-state index contributed by atoms with van der Waals surface area (Å²) in [6.07, 6.45) is -2.89. The molecule has 120 valence electrons. The molecule has 0 saturated heterocycles. The van der Waals surface area contributed by atoms with Gasteiger partial charge in [-0.25, -0.2) is 4.68 Å². The Hall–Kier alpha value is -2.30. The van der Waals surface area contributed by atoms with Gasteiger partial charge in [-0.2, -0.15) is 13.2 Å². The van der Waals surface area contributed by atoms with E-state index in [-0.39, 0.29) is 17.9 Å². The van der Waals surface area contributed by atoms with Crippen LogP contribution in [-0.2, 0) is 19.8 Å². The van der Waals surface area contributed by atoms with Crippen molar-refractivity contribution < 1.29 is 13.2 Å². The van der Waals surface area contributed by atoms with Gasteiger partial charge in [0.15, 0.2) is 5.82 Å². The van der Waals surface area contributed by atoms with E-state index < -0.39 is 11.7 Å². The van der Waals surface area contributed by atoms with E-state index in [1.165, 1.54) is 21.5 Å². The number of nitrogens with zero attached hydrogens (tertiary/aromatic N) is 7. The van der Waals surface area contributed by atoms with E-state index >= 15 is 0 Å². The highest BCUT2D eigenvalue weighted by molar-refractivity contribution is 9.10. The Bertz CT molecular complexity index is 839. The van der Waals surface area contributed by atoms with Gasteiger partial charge >= 0.3 is 6.18 Å². The SMILES string of the molecule is Cn1cc(Cn2nnnc2-c2ccc(Br)cc2C(F)(F)F)nn1. The molecule has 2 heterocycles. The molecule has 0 aliphatic rings. The van der Waals surface area contributed by atoms with Gasteiger partial charge in [0, 0.05) is 17.1 Å². The van der Waals surface area contributed by atoms with Crippen molar-refractivity contribution in [3.8, 4) is 11.4 Å². The molecule has 0 N–H and O–H groups in total. The Labute approximate surface area is 136 Å². The summed E-state index contributed by atoms with van der Waals surface area (Å²) in [5.74, 6) is 0.00970. The predicted molar refractivity (Wildman–Crippen MR) is 76.1 cm³/mol. The van der Waals surface area contributed by atoms with Crippen LogP contribution in [0.3, 0.4) is 0 Å². The highest BCUT2D eigenvalue weighted by Crippen LogP contribution is 2.37. The lowest BCUT2D eigenvalue weighted by molar-refractivity contribution is -0.137. The molecule has 23 heavy (non-hydrogen) atoms. The fourth-order valence-corrected chi connectivity index (χ4v) is 2.43. The third-order valence-corrected chi connectivity index (χ3v) is 3.51. The molecule has 0 aliphatic heterocycles. The normalized spacial score (nSPS) is 11.9. The summed E-state index contributed by atoms with van der Waals surface area (Å²) >= 11 is 3.05. The lowest BCUT2D eigenvalue weighted by Gasteiger charge is -2.12. The minimum absolute atomic E-state index is 0.00970. The first-order valence-corrected chi connectivity index (χ1v) is 7.12. The molecule has 0 fully saturated rings. The minimum Gasteiger partial charge on any atom is -0.255 e. The quantitative estimate of drug-likeness (QED) is 0.689. The second-order valence-corrected chi connectivity index (χ2v) is 5.65. The van der Waals surface area contributed by atoms with Crippen LogP contribution in [-0.4, -0.2) is 35.2 Å². The molecule has 2 aromatic heterocycles. The number of hydrogen-bond donors (Lipinski definition) is 0. The van der Waals surface area contributed by atoms with Crippen molar-refractivity contribution in [3.63, 3.8) is 0 Å². The Morgan fingerprint density at radius 1 is 1.17 bits per heavy atom. The highest BCUT2D eigenvalue weighted by atomic mass is 79.9. The van der Waals surface area contributed by atoms with Crippen LogP contribution in [0.2, 0.25) is 0 Å². The van der Waals surface area contributed by atoms with E-state index in [9.17, 15) is 13.2 Å². The van der Waals surface area contributed by atoms with Crippen molar-refractivity contribution in [2.45, 2.75) is 12.7 Å². The van der Waals surface area contributed by atoms with Gasteiger partial charge in [-0.3, -0.25) is 4.68 Å². The molecule has 0 unspecified atom stereocenters. The van der Waals surface area contributed by atoms with Crippen LogP contribution in [0.4, 0.5) is 13.2 Å². The maximum atomic E-state index is 13.3. The fraction of sp³-hybridized carbons (Fsp3) is 0.250. The molecule has 0 aliphatic carbocycles. The molecule has 3 aromatic rings. The standard InChI is InChI=1S/C12H9BrF3N7/c1-22-5-8(17-20-22)6-23-11(18-19-21-23)9-3-2-7(13)4-10(9)12(14,15)16/h2-5H,6H2,1H3. The van der Waals surface area contributed by atoms with E-state index in [2.05, 4.69) is 41.8 Å². The number of aryl methyl sites for hydroxylation is 1. The minimum atomic E-state index is -4.53. The number of benzene rings is 1. The van der Waals surface area contributed by atoms with Crippen LogP contribution in [0.5, 0.6) is 0 Å². The summed E-state index contributed by atoms with van der Waals surface area (Å²) in [4.78, 5) is 0. The van der Waals surface area contributed by atoms with Gasteiger partial charge in [0.2, 0.25) is 0 Å². The summed E-state index contributed by atoms with van der Waals surface area (Å²) in [6, 6.07) is 3.83. The van der Waals surface area contributed by atoms with Gasteiger partial charge in [-0.05, 0) is 28.6 Å². The molecule has 0 bridgehead atoms. The fourth-order valence-electron chi connectivity index (χ4n) is 2.07. The number of halogens is 4. The first-order chi connectivity index (χ1) is 10.8. The van der Waals surface area contributed by atoms with Crippen LogP contribution in [0.15, 0.2) is 28.9 Å².